The fourth-order valence-electron chi connectivity index (χ4n) is 2.57. The van der Waals surface area contributed by atoms with Crippen molar-refractivity contribution >= 4 is 14.9 Å². The predicted molar refractivity (Wildman–Crippen MR) is 67.1 cm³/mol. The smallest absolute Gasteiger partial charge is 0.0176 e. The third-order valence-corrected chi connectivity index (χ3v) is 6.40. The van der Waals surface area contributed by atoms with Crippen molar-refractivity contribution in [1.29, 1.82) is 0 Å². The van der Waals surface area contributed by atoms with E-state index in [1.54, 1.807) is 0 Å². The average Bonchev–Trinajstić information content (AvgIpc) is 2.31. The van der Waals surface area contributed by atoms with E-state index >= 15 is 0 Å². The van der Waals surface area contributed by atoms with Gasteiger partial charge in [-0.3, -0.25) is 9.11 Å². The first-order chi connectivity index (χ1) is 7.23. The molecule has 0 saturated carbocycles. The van der Waals surface area contributed by atoms with Crippen molar-refractivity contribution in [2.45, 2.75) is 25.8 Å². The van der Waals surface area contributed by atoms with Gasteiger partial charge in [0, 0.05) is 43.7 Å². The third-order valence-electron chi connectivity index (χ3n) is 3.69. The first kappa shape index (κ1) is 11.4. The zero-order valence-electron chi connectivity index (χ0n) is 9.58. The molecule has 0 amide bonds. The van der Waals surface area contributed by atoms with Gasteiger partial charge in [-0.2, -0.15) is 0 Å². The standard InChI is InChI=1S/C11H22N2OS/c1-2-15(14)9-3-11(4-10-15)13-7-5-12-6-8-13/h2,11-12H,3-10H2,1H3. The highest BCUT2D eigenvalue weighted by Gasteiger charge is 2.26. The van der Waals surface area contributed by atoms with E-state index in [4.69, 9.17) is 0 Å². The maximum Gasteiger partial charge on any atom is 0.0176 e. The molecule has 1 N–H and O–H groups in total. The van der Waals surface area contributed by atoms with Crippen LogP contribution in [0.1, 0.15) is 19.8 Å². The fraction of sp³-hybridized carbons (Fsp3) is 0.909. The lowest BCUT2D eigenvalue weighted by atomic mass is 10.1. The summed E-state index contributed by atoms with van der Waals surface area (Å²) < 4.78 is 12.1. The van der Waals surface area contributed by atoms with Gasteiger partial charge in [-0.05, 0) is 34.7 Å². The molecule has 0 atom stereocenters. The molecule has 4 heteroatoms. The zero-order chi connectivity index (χ0) is 10.7. The Hall–Kier alpha value is -0.0600. The Balaban J connectivity index is 1.90. The highest BCUT2D eigenvalue weighted by atomic mass is 32.2. The quantitative estimate of drug-likeness (QED) is 0.651. The van der Waals surface area contributed by atoms with Gasteiger partial charge in [-0.15, -0.1) is 0 Å². The van der Waals surface area contributed by atoms with Gasteiger partial charge in [0.2, 0.25) is 0 Å². The maximum absolute atomic E-state index is 12.1. The summed E-state index contributed by atoms with van der Waals surface area (Å²) in [5.74, 6) is 1.83. The first-order valence-electron chi connectivity index (χ1n) is 5.97. The molecular formula is C11H22N2OS. The summed E-state index contributed by atoms with van der Waals surface area (Å²) in [5.41, 5.74) is 0. The molecule has 88 valence electrons. The minimum absolute atomic E-state index is 0.696. The molecule has 3 nitrogen and oxygen atoms in total. The van der Waals surface area contributed by atoms with Crippen LogP contribution < -0.4 is 5.32 Å². The van der Waals surface area contributed by atoms with Crippen molar-refractivity contribution < 1.29 is 4.21 Å². The summed E-state index contributed by atoms with van der Waals surface area (Å²) >= 11 is 0. The number of rotatable bonds is 1. The maximum atomic E-state index is 12.1. The highest BCUT2D eigenvalue weighted by molar-refractivity contribution is 8.01. The van der Waals surface area contributed by atoms with E-state index in [0.717, 1.165) is 37.4 Å². The summed E-state index contributed by atoms with van der Waals surface area (Å²) in [6.45, 7) is 6.52. The highest BCUT2D eigenvalue weighted by Crippen LogP contribution is 2.18. The second-order valence-electron chi connectivity index (χ2n) is 4.53. The molecule has 0 aromatic carbocycles. The third kappa shape index (κ3) is 2.74. The second kappa shape index (κ2) is 4.85. The Morgan fingerprint density at radius 3 is 2.40 bits per heavy atom. The van der Waals surface area contributed by atoms with Gasteiger partial charge < -0.3 is 5.32 Å². The molecule has 2 saturated heterocycles. The van der Waals surface area contributed by atoms with Crippen LogP contribution in [0.3, 0.4) is 0 Å². The molecule has 0 aromatic heterocycles. The molecule has 0 spiro atoms. The largest absolute Gasteiger partial charge is 0.314 e. The van der Waals surface area contributed by atoms with Crippen LogP contribution in [-0.4, -0.2) is 58.2 Å². The van der Waals surface area contributed by atoms with Crippen LogP contribution in [0, 0.1) is 0 Å². The summed E-state index contributed by atoms with van der Waals surface area (Å²) in [7, 11) is -1.57. The molecule has 0 aromatic rings. The van der Waals surface area contributed by atoms with Crippen LogP contribution >= 0.6 is 0 Å². The Morgan fingerprint density at radius 1 is 1.27 bits per heavy atom. The van der Waals surface area contributed by atoms with Crippen LogP contribution in [-0.2, 0) is 9.52 Å². The SMILES string of the molecule is CC=S1(=O)CCC(N2CCNCC2)CC1. The Labute approximate surface area is 93.2 Å². The van der Waals surface area contributed by atoms with Crippen LogP contribution in [0.2, 0.25) is 0 Å². The molecular weight excluding hydrogens is 208 g/mol. The number of nitrogens with zero attached hydrogens (tertiary/aromatic N) is 1. The molecule has 15 heavy (non-hydrogen) atoms. The second-order valence-corrected chi connectivity index (χ2v) is 7.56. The average molecular weight is 230 g/mol. The Morgan fingerprint density at radius 2 is 1.87 bits per heavy atom. The van der Waals surface area contributed by atoms with E-state index in [1.165, 1.54) is 13.1 Å². The van der Waals surface area contributed by atoms with Crippen molar-refractivity contribution in [3.05, 3.63) is 0 Å². The molecule has 0 aliphatic carbocycles. The monoisotopic (exact) mass is 230 g/mol. The van der Waals surface area contributed by atoms with E-state index in [2.05, 4.69) is 10.2 Å². The van der Waals surface area contributed by atoms with Crippen molar-refractivity contribution in [3.63, 3.8) is 0 Å². The normalized spacial score (nSPS) is 38.9. The molecule has 2 heterocycles. The first-order valence-corrected chi connectivity index (χ1v) is 7.93. The van der Waals surface area contributed by atoms with Crippen LogP contribution in [0.5, 0.6) is 0 Å². The van der Waals surface area contributed by atoms with Gasteiger partial charge >= 0.3 is 0 Å². The zero-order valence-corrected chi connectivity index (χ0v) is 10.4. The minimum Gasteiger partial charge on any atom is -0.314 e. The fourth-order valence-corrected chi connectivity index (χ4v) is 4.58. The van der Waals surface area contributed by atoms with Crippen molar-refractivity contribution in [2.24, 2.45) is 0 Å². The topological polar surface area (TPSA) is 32.3 Å². The molecule has 2 rings (SSSR count). The molecule has 0 unspecified atom stereocenters. The van der Waals surface area contributed by atoms with E-state index in [1.807, 2.05) is 12.3 Å². The van der Waals surface area contributed by atoms with E-state index in [9.17, 15) is 4.21 Å². The van der Waals surface area contributed by atoms with E-state index < -0.39 is 9.52 Å². The van der Waals surface area contributed by atoms with Crippen LogP contribution in [0.4, 0.5) is 0 Å². The molecule has 2 aliphatic rings. The Bertz CT molecular complexity index is 301. The van der Waals surface area contributed by atoms with Crippen molar-refractivity contribution in [1.82, 2.24) is 10.2 Å². The van der Waals surface area contributed by atoms with Crippen LogP contribution in [0.25, 0.3) is 0 Å². The summed E-state index contributed by atoms with van der Waals surface area (Å²) in [6.07, 6.45) is 2.26. The van der Waals surface area contributed by atoms with Crippen LogP contribution in [0.15, 0.2) is 0 Å². The number of piperazine rings is 1. The molecule has 2 fully saturated rings. The lowest BCUT2D eigenvalue weighted by Crippen LogP contribution is -2.50. The van der Waals surface area contributed by atoms with E-state index in [-0.39, 0.29) is 0 Å². The van der Waals surface area contributed by atoms with Gasteiger partial charge in [-0.1, -0.05) is 0 Å². The lowest BCUT2D eigenvalue weighted by Gasteiger charge is -2.37. The predicted octanol–water partition coefficient (Wildman–Crippen LogP) is 0.161. The molecule has 2 aliphatic heterocycles. The number of hydrogen-bond donors (Lipinski definition) is 1. The van der Waals surface area contributed by atoms with Gasteiger partial charge in [0.15, 0.2) is 0 Å². The minimum atomic E-state index is -1.57. The van der Waals surface area contributed by atoms with E-state index in [0.29, 0.717) is 6.04 Å². The van der Waals surface area contributed by atoms with Crippen molar-refractivity contribution in [3.8, 4) is 0 Å². The van der Waals surface area contributed by atoms with Crippen molar-refractivity contribution in [2.75, 3.05) is 37.7 Å². The van der Waals surface area contributed by atoms with Gasteiger partial charge in [-0.25, -0.2) is 0 Å². The number of hydrogen-bond acceptors (Lipinski definition) is 3. The molecule has 0 bridgehead atoms. The number of nitrogens with one attached hydrogen (secondary N) is 1. The lowest BCUT2D eigenvalue weighted by molar-refractivity contribution is 0.163. The van der Waals surface area contributed by atoms with Gasteiger partial charge in [0.1, 0.15) is 0 Å². The summed E-state index contributed by atoms with van der Waals surface area (Å²) in [5, 5.41) is 5.32. The van der Waals surface area contributed by atoms with Gasteiger partial charge in [0.05, 0.1) is 0 Å². The molecule has 0 radical (unpaired) electrons. The summed E-state index contributed by atoms with van der Waals surface area (Å²) in [6, 6.07) is 0.696. The summed E-state index contributed by atoms with van der Waals surface area (Å²) in [4.78, 5) is 2.57. The van der Waals surface area contributed by atoms with Gasteiger partial charge in [0.25, 0.3) is 0 Å². The Kier molecular flexibility index (Phi) is 3.69.